The van der Waals surface area contributed by atoms with Crippen molar-refractivity contribution < 1.29 is 42.9 Å². The summed E-state index contributed by atoms with van der Waals surface area (Å²) in [6.07, 6.45) is -0.872. The molecule has 1 aliphatic heterocycles. The number of hydrogen-bond acceptors (Lipinski definition) is 7. The zero-order valence-corrected chi connectivity index (χ0v) is 29.0. The standard InChI is InChI=1S/C40H35F2N3O7S/c41-29-11-7-26(8-12-29)34(46)23-53-38-37(45(39(38)49)31-15-13-30(42)14-16-31)27-9-17-32(18-10-27)52-22-36(48)43-21-35(47)44-33(40(50)51)20-24-5-6-25-3-1-2-4-28(25)19-24/h1-19,33-34,37-38,46H,20-23H2,(H,43,48)(H,44,47)(H,50,51)/t33-,34?,37?,38-/m1/s1. The monoisotopic (exact) mass is 739 g/mol. The zero-order chi connectivity index (χ0) is 37.5. The number of fused-ring (bicyclic) bond motifs is 1. The molecule has 0 spiro atoms. The largest absolute Gasteiger partial charge is 0.484 e. The van der Waals surface area contributed by atoms with E-state index in [2.05, 4.69) is 10.6 Å². The third-order valence-corrected chi connectivity index (χ3v) is 10.1. The van der Waals surface area contributed by atoms with E-state index in [9.17, 15) is 38.2 Å². The van der Waals surface area contributed by atoms with E-state index in [4.69, 9.17) is 4.74 Å². The van der Waals surface area contributed by atoms with E-state index in [0.29, 0.717) is 17.0 Å². The van der Waals surface area contributed by atoms with Crippen LogP contribution in [0.5, 0.6) is 5.75 Å². The summed E-state index contributed by atoms with van der Waals surface area (Å²) >= 11 is 1.26. The number of hydrogen-bond donors (Lipinski definition) is 4. The van der Waals surface area contributed by atoms with Crippen LogP contribution in [0.2, 0.25) is 0 Å². The van der Waals surface area contributed by atoms with Gasteiger partial charge in [0.2, 0.25) is 11.8 Å². The molecule has 1 saturated heterocycles. The minimum absolute atomic E-state index is 0.0625. The van der Waals surface area contributed by atoms with E-state index in [1.54, 1.807) is 29.2 Å². The lowest BCUT2D eigenvalue weighted by Gasteiger charge is -2.47. The molecule has 3 amide bonds. The van der Waals surface area contributed by atoms with Crippen LogP contribution in [0.1, 0.15) is 28.8 Å². The molecule has 0 radical (unpaired) electrons. The van der Waals surface area contributed by atoms with Gasteiger partial charge in [-0.1, -0.05) is 66.7 Å². The maximum absolute atomic E-state index is 13.7. The first-order chi connectivity index (χ1) is 25.5. The molecule has 1 aliphatic rings. The lowest BCUT2D eigenvalue weighted by Crippen LogP contribution is -2.57. The molecule has 4 atom stereocenters. The first-order valence-corrected chi connectivity index (χ1v) is 17.7. The number of aliphatic carboxylic acids is 1. The summed E-state index contributed by atoms with van der Waals surface area (Å²) in [5, 5.41) is 26.6. The van der Waals surface area contributed by atoms with Crippen molar-refractivity contribution in [2.45, 2.75) is 29.9 Å². The molecular formula is C40H35F2N3O7S. The van der Waals surface area contributed by atoms with Crippen LogP contribution in [-0.4, -0.2) is 64.1 Å². The Balaban J connectivity index is 1.02. The molecule has 10 nitrogen and oxygen atoms in total. The first kappa shape index (κ1) is 37.0. The molecule has 6 rings (SSSR count). The van der Waals surface area contributed by atoms with Gasteiger partial charge >= 0.3 is 5.97 Å². The van der Waals surface area contributed by atoms with Gasteiger partial charge in [0, 0.05) is 17.9 Å². The van der Waals surface area contributed by atoms with Crippen LogP contribution in [0.4, 0.5) is 14.5 Å². The Labute approximate surface area is 307 Å². The van der Waals surface area contributed by atoms with Crippen LogP contribution < -0.4 is 20.3 Å². The van der Waals surface area contributed by atoms with Crippen LogP contribution in [0.25, 0.3) is 10.8 Å². The number of aliphatic hydroxyl groups is 1. The molecule has 272 valence electrons. The summed E-state index contributed by atoms with van der Waals surface area (Å²) in [6.45, 7) is -0.873. The Morgan fingerprint density at radius 2 is 1.49 bits per heavy atom. The Hall–Kier alpha value is -5.79. The number of carboxylic acid groups (broad SMARTS) is 1. The summed E-state index contributed by atoms with van der Waals surface area (Å²) in [4.78, 5) is 51.8. The number of carboxylic acids is 1. The highest BCUT2D eigenvalue weighted by Gasteiger charge is 2.49. The molecule has 0 bridgehead atoms. The lowest BCUT2D eigenvalue weighted by molar-refractivity contribution is -0.141. The predicted molar refractivity (Wildman–Crippen MR) is 196 cm³/mol. The highest BCUT2D eigenvalue weighted by molar-refractivity contribution is 8.00. The second-order valence-electron chi connectivity index (χ2n) is 12.4. The topological polar surface area (TPSA) is 145 Å². The van der Waals surface area contributed by atoms with Crippen LogP contribution in [0.3, 0.4) is 0 Å². The summed E-state index contributed by atoms with van der Waals surface area (Å²) in [6, 6.07) is 29.3. The average molecular weight is 740 g/mol. The molecule has 5 aromatic rings. The number of nitrogens with one attached hydrogen (secondary N) is 2. The first-order valence-electron chi connectivity index (χ1n) is 16.7. The highest BCUT2D eigenvalue weighted by atomic mass is 32.2. The van der Waals surface area contributed by atoms with Crippen molar-refractivity contribution in [1.29, 1.82) is 0 Å². The molecule has 4 N–H and O–H groups in total. The second-order valence-corrected chi connectivity index (χ2v) is 13.6. The van der Waals surface area contributed by atoms with Crippen molar-refractivity contribution >= 4 is 51.9 Å². The fourth-order valence-electron chi connectivity index (χ4n) is 6.00. The third kappa shape index (κ3) is 9.18. The van der Waals surface area contributed by atoms with Crippen molar-refractivity contribution in [1.82, 2.24) is 10.6 Å². The van der Waals surface area contributed by atoms with Gasteiger partial charge in [0.05, 0.1) is 18.7 Å². The van der Waals surface area contributed by atoms with E-state index >= 15 is 0 Å². The van der Waals surface area contributed by atoms with Crippen LogP contribution in [0, 0.1) is 11.6 Å². The van der Waals surface area contributed by atoms with Gasteiger partial charge in [0.15, 0.2) is 6.61 Å². The minimum atomic E-state index is -1.20. The Morgan fingerprint density at radius 3 is 2.17 bits per heavy atom. The minimum Gasteiger partial charge on any atom is -0.484 e. The Morgan fingerprint density at radius 1 is 0.830 bits per heavy atom. The normalized spacial score (nSPS) is 16.4. The Kier molecular flexibility index (Phi) is 11.7. The van der Waals surface area contributed by atoms with Gasteiger partial charge in [-0.3, -0.25) is 14.4 Å². The fraction of sp³-hybridized carbons (Fsp3) is 0.200. The van der Waals surface area contributed by atoms with E-state index < -0.39 is 66.0 Å². The number of nitrogens with zero attached hydrogens (tertiary/aromatic N) is 1. The molecule has 0 saturated carbocycles. The number of carbonyl (C=O) groups is 4. The number of rotatable bonds is 15. The molecular weight excluding hydrogens is 705 g/mol. The quantitative estimate of drug-likeness (QED) is 0.105. The average Bonchev–Trinajstić information content (AvgIpc) is 3.16. The van der Waals surface area contributed by atoms with Gasteiger partial charge in [-0.2, -0.15) is 0 Å². The summed E-state index contributed by atoms with van der Waals surface area (Å²) in [5.74, 6) is -3.06. The third-order valence-electron chi connectivity index (χ3n) is 8.76. The molecule has 2 unspecified atom stereocenters. The van der Waals surface area contributed by atoms with Crippen LogP contribution in [0.15, 0.2) is 115 Å². The fourth-order valence-corrected chi connectivity index (χ4v) is 7.30. The number of β-lactam (4-membered cyclic amide) rings is 1. The summed E-state index contributed by atoms with van der Waals surface area (Å²) < 4.78 is 32.6. The molecule has 5 aromatic carbocycles. The van der Waals surface area contributed by atoms with Crippen molar-refractivity contribution in [3.8, 4) is 5.75 Å². The summed E-state index contributed by atoms with van der Waals surface area (Å²) in [5.41, 5.74) is 2.49. The van der Waals surface area contributed by atoms with Gasteiger partial charge < -0.3 is 30.5 Å². The van der Waals surface area contributed by atoms with Crippen molar-refractivity contribution in [3.05, 3.63) is 144 Å². The number of ether oxygens (including phenoxy) is 1. The number of anilines is 1. The molecule has 1 fully saturated rings. The number of amides is 3. The maximum Gasteiger partial charge on any atom is 0.326 e. The number of carbonyl (C=O) groups excluding carboxylic acids is 3. The predicted octanol–water partition coefficient (Wildman–Crippen LogP) is 5.35. The second kappa shape index (κ2) is 16.7. The van der Waals surface area contributed by atoms with Gasteiger partial charge in [0.1, 0.15) is 28.7 Å². The number of benzene rings is 5. The zero-order valence-electron chi connectivity index (χ0n) is 28.2. The van der Waals surface area contributed by atoms with Gasteiger partial charge in [-0.25, -0.2) is 13.6 Å². The molecule has 13 heteroatoms. The van der Waals surface area contributed by atoms with Crippen molar-refractivity contribution in [3.63, 3.8) is 0 Å². The molecule has 0 aromatic heterocycles. The Bertz CT molecular complexity index is 2100. The van der Waals surface area contributed by atoms with Crippen molar-refractivity contribution in [2.75, 3.05) is 23.8 Å². The van der Waals surface area contributed by atoms with Gasteiger partial charge in [-0.05, 0) is 76.0 Å². The summed E-state index contributed by atoms with van der Waals surface area (Å²) in [7, 11) is 0. The molecule has 0 aliphatic carbocycles. The highest BCUT2D eigenvalue weighted by Crippen LogP contribution is 2.46. The van der Waals surface area contributed by atoms with Crippen LogP contribution >= 0.6 is 11.8 Å². The van der Waals surface area contributed by atoms with Gasteiger partial charge in [-0.15, -0.1) is 11.8 Å². The molecule has 53 heavy (non-hydrogen) atoms. The number of halogens is 2. The number of thioether (sulfide) groups is 1. The number of aliphatic hydroxyl groups excluding tert-OH is 1. The van der Waals surface area contributed by atoms with E-state index in [-0.39, 0.29) is 18.1 Å². The van der Waals surface area contributed by atoms with E-state index in [1.165, 1.54) is 60.3 Å². The van der Waals surface area contributed by atoms with E-state index in [1.807, 2.05) is 42.5 Å². The molecule has 1 heterocycles. The lowest BCUT2D eigenvalue weighted by atomic mass is 9.92. The smallest absolute Gasteiger partial charge is 0.326 e. The SMILES string of the molecule is O=C(COc1ccc(C2[C@@H](SCC(O)c3ccc(F)cc3)C(=O)N2c2ccc(F)cc2)cc1)NCC(=O)N[C@H](Cc1ccc2ccccc2c1)C(=O)O. The van der Waals surface area contributed by atoms with Crippen molar-refractivity contribution in [2.24, 2.45) is 0 Å². The van der Waals surface area contributed by atoms with E-state index in [0.717, 1.165) is 21.9 Å². The van der Waals surface area contributed by atoms with Crippen LogP contribution in [-0.2, 0) is 25.6 Å². The van der Waals surface area contributed by atoms with Gasteiger partial charge in [0.25, 0.3) is 5.91 Å². The maximum atomic E-state index is 13.7.